The molecule has 0 radical (unpaired) electrons. The minimum atomic E-state index is -0.687. The molecule has 1 aliphatic heterocycles. The van der Waals surface area contributed by atoms with E-state index in [2.05, 4.69) is 0 Å². The molecule has 188 valence electrons. The number of esters is 1. The zero-order valence-electron chi connectivity index (χ0n) is 20.7. The van der Waals surface area contributed by atoms with Crippen LogP contribution in [0.4, 0.5) is 0 Å². The number of carbonyl (C=O) groups is 2. The van der Waals surface area contributed by atoms with E-state index in [1.807, 2.05) is 30.3 Å². The third-order valence-corrected chi connectivity index (χ3v) is 6.23. The van der Waals surface area contributed by atoms with E-state index in [1.54, 1.807) is 62.6 Å². The first-order valence-electron chi connectivity index (χ1n) is 11.5. The Labute approximate surface area is 210 Å². The first kappa shape index (κ1) is 24.9. The van der Waals surface area contributed by atoms with Crippen molar-refractivity contribution in [1.29, 1.82) is 0 Å². The van der Waals surface area contributed by atoms with Gasteiger partial charge in [0, 0.05) is 6.54 Å². The van der Waals surface area contributed by atoms with Crippen molar-refractivity contribution in [2.75, 3.05) is 35.0 Å². The molecule has 2 atom stereocenters. The molecular weight excluding hydrogens is 462 g/mol. The van der Waals surface area contributed by atoms with Gasteiger partial charge in [0.25, 0.3) is 5.91 Å². The van der Waals surface area contributed by atoms with Gasteiger partial charge in [-0.15, -0.1) is 0 Å². The van der Waals surface area contributed by atoms with Gasteiger partial charge in [-0.25, -0.2) is 4.79 Å². The molecule has 0 saturated carbocycles. The van der Waals surface area contributed by atoms with Gasteiger partial charge in [0.2, 0.25) is 6.10 Å². The quantitative estimate of drug-likeness (QED) is 0.312. The topological polar surface area (TPSA) is 83.5 Å². The molecule has 8 nitrogen and oxygen atoms in total. The summed E-state index contributed by atoms with van der Waals surface area (Å²) in [5, 5.41) is 0. The number of ether oxygens (including phenoxy) is 5. The highest BCUT2D eigenvalue weighted by Crippen LogP contribution is 2.38. The molecule has 1 fully saturated rings. The number of rotatable bonds is 10. The minimum absolute atomic E-state index is 0.103. The maximum atomic E-state index is 13.2. The number of nitrogens with zero attached hydrogens (tertiary/aromatic N) is 1. The van der Waals surface area contributed by atoms with Crippen molar-refractivity contribution in [3.05, 3.63) is 83.4 Å². The molecule has 4 rings (SSSR count). The first-order chi connectivity index (χ1) is 17.5. The lowest BCUT2D eigenvalue weighted by Crippen LogP contribution is -2.61. The summed E-state index contributed by atoms with van der Waals surface area (Å²) in [5.41, 5.74) is 2.32. The SMILES string of the molecule is COC(=O)c1ccc([C@@H]2[C@H](Oc3ccc(OC)cc3)C(=O)N2CCc2ccc(OC)c(OC)c2)cc1. The van der Waals surface area contributed by atoms with Crippen molar-refractivity contribution in [3.8, 4) is 23.0 Å². The lowest BCUT2D eigenvalue weighted by Gasteiger charge is -2.47. The molecule has 0 aromatic heterocycles. The van der Waals surface area contributed by atoms with Crippen molar-refractivity contribution in [2.24, 2.45) is 0 Å². The number of β-lactam (4-membered cyclic amide) rings is 1. The highest BCUT2D eigenvalue weighted by Gasteiger charge is 2.49. The number of carbonyl (C=O) groups excluding carboxylic acids is 2. The summed E-state index contributed by atoms with van der Waals surface area (Å²) >= 11 is 0. The van der Waals surface area contributed by atoms with Crippen LogP contribution in [0, 0.1) is 0 Å². The lowest BCUT2D eigenvalue weighted by atomic mass is 9.89. The van der Waals surface area contributed by atoms with Crippen LogP contribution >= 0.6 is 0 Å². The van der Waals surface area contributed by atoms with Gasteiger partial charge in [0.05, 0.1) is 34.0 Å². The molecule has 1 heterocycles. The maximum absolute atomic E-state index is 13.2. The Morgan fingerprint density at radius 3 is 2.08 bits per heavy atom. The van der Waals surface area contributed by atoms with Gasteiger partial charge in [-0.05, 0) is 66.1 Å². The Morgan fingerprint density at radius 2 is 1.47 bits per heavy atom. The lowest BCUT2D eigenvalue weighted by molar-refractivity contribution is -0.164. The van der Waals surface area contributed by atoms with Crippen LogP contribution in [0.1, 0.15) is 27.5 Å². The van der Waals surface area contributed by atoms with Crippen molar-refractivity contribution in [1.82, 2.24) is 4.90 Å². The molecule has 0 spiro atoms. The Hall–Kier alpha value is -4.20. The van der Waals surface area contributed by atoms with Gasteiger partial charge < -0.3 is 28.6 Å². The molecule has 1 amide bonds. The number of hydrogen-bond acceptors (Lipinski definition) is 7. The standard InChI is InChI=1S/C28H29NO7/c1-32-21-10-12-22(13-11-21)36-26-25(19-6-8-20(9-7-19)28(31)35-4)29(27(26)30)16-15-18-5-14-23(33-2)24(17-18)34-3/h5-14,17,25-26H,15-16H2,1-4H3/t25-,26+/m1/s1. The number of likely N-dealkylation sites (tertiary alicyclic amines) is 1. The van der Waals surface area contributed by atoms with Crippen LogP contribution in [0.25, 0.3) is 0 Å². The Morgan fingerprint density at radius 1 is 0.806 bits per heavy atom. The van der Waals surface area contributed by atoms with Crippen molar-refractivity contribution in [2.45, 2.75) is 18.6 Å². The molecule has 0 N–H and O–H groups in total. The third kappa shape index (κ3) is 5.07. The molecule has 0 aliphatic carbocycles. The highest BCUT2D eigenvalue weighted by molar-refractivity contribution is 5.91. The molecule has 36 heavy (non-hydrogen) atoms. The Bertz CT molecular complexity index is 1210. The van der Waals surface area contributed by atoms with Gasteiger partial charge in [-0.2, -0.15) is 0 Å². The van der Waals surface area contributed by atoms with Crippen molar-refractivity contribution in [3.63, 3.8) is 0 Å². The van der Waals surface area contributed by atoms with Crippen LogP contribution in [-0.2, 0) is 16.0 Å². The van der Waals surface area contributed by atoms with E-state index >= 15 is 0 Å². The summed E-state index contributed by atoms with van der Waals surface area (Å²) in [7, 11) is 6.12. The van der Waals surface area contributed by atoms with Crippen LogP contribution in [0.15, 0.2) is 66.7 Å². The first-order valence-corrected chi connectivity index (χ1v) is 11.5. The van der Waals surface area contributed by atoms with Crippen LogP contribution < -0.4 is 18.9 Å². The fraction of sp³-hybridized carbons (Fsp3) is 0.286. The number of hydrogen-bond donors (Lipinski definition) is 0. The molecule has 3 aromatic carbocycles. The predicted octanol–water partition coefficient (Wildman–Crippen LogP) is 4.07. The van der Waals surface area contributed by atoms with E-state index in [4.69, 9.17) is 23.7 Å². The number of methoxy groups -OCH3 is 4. The van der Waals surface area contributed by atoms with E-state index < -0.39 is 12.1 Å². The number of benzene rings is 3. The van der Waals surface area contributed by atoms with Crippen LogP contribution in [-0.4, -0.2) is 57.9 Å². The van der Waals surface area contributed by atoms with Gasteiger partial charge >= 0.3 is 5.97 Å². The molecule has 0 unspecified atom stereocenters. The van der Waals surface area contributed by atoms with Crippen LogP contribution in [0.5, 0.6) is 23.0 Å². The Balaban J connectivity index is 1.55. The van der Waals surface area contributed by atoms with Gasteiger partial charge in [0.15, 0.2) is 11.5 Å². The molecular formula is C28H29NO7. The van der Waals surface area contributed by atoms with E-state index in [-0.39, 0.29) is 11.9 Å². The summed E-state index contributed by atoms with van der Waals surface area (Å²) in [5.74, 6) is 2.05. The van der Waals surface area contributed by atoms with Crippen LogP contribution in [0.2, 0.25) is 0 Å². The monoisotopic (exact) mass is 491 g/mol. The molecule has 0 bridgehead atoms. The third-order valence-electron chi connectivity index (χ3n) is 6.23. The van der Waals surface area contributed by atoms with Crippen molar-refractivity contribution >= 4 is 11.9 Å². The zero-order valence-corrected chi connectivity index (χ0v) is 20.7. The second-order valence-electron chi connectivity index (χ2n) is 8.24. The fourth-order valence-electron chi connectivity index (χ4n) is 4.26. The van der Waals surface area contributed by atoms with E-state index in [1.165, 1.54) is 7.11 Å². The van der Waals surface area contributed by atoms with E-state index in [0.29, 0.717) is 41.5 Å². The average Bonchev–Trinajstić information content (AvgIpc) is 2.93. The van der Waals surface area contributed by atoms with Gasteiger partial charge in [-0.3, -0.25) is 4.79 Å². The van der Waals surface area contributed by atoms with Crippen molar-refractivity contribution < 1.29 is 33.3 Å². The second kappa shape index (κ2) is 11.0. The van der Waals surface area contributed by atoms with Crippen LogP contribution in [0.3, 0.4) is 0 Å². The smallest absolute Gasteiger partial charge is 0.337 e. The molecule has 3 aromatic rings. The largest absolute Gasteiger partial charge is 0.497 e. The Kier molecular flexibility index (Phi) is 7.63. The molecule has 1 saturated heterocycles. The molecule has 1 aliphatic rings. The van der Waals surface area contributed by atoms with E-state index in [9.17, 15) is 9.59 Å². The van der Waals surface area contributed by atoms with Gasteiger partial charge in [-0.1, -0.05) is 18.2 Å². The normalized spacial score (nSPS) is 16.7. The summed E-state index contributed by atoms with van der Waals surface area (Å²) < 4.78 is 26.8. The minimum Gasteiger partial charge on any atom is -0.497 e. The maximum Gasteiger partial charge on any atom is 0.337 e. The molecule has 8 heteroatoms. The summed E-state index contributed by atoms with van der Waals surface area (Å²) in [6, 6.07) is 19.6. The summed E-state index contributed by atoms with van der Waals surface area (Å²) in [6.07, 6.45) is -0.0641. The predicted molar refractivity (Wildman–Crippen MR) is 133 cm³/mol. The fourth-order valence-corrected chi connectivity index (χ4v) is 4.26. The average molecular weight is 492 g/mol. The second-order valence-corrected chi connectivity index (χ2v) is 8.24. The highest BCUT2D eigenvalue weighted by atomic mass is 16.5. The number of amides is 1. The van der Waals surface area contributed by atoms with E-state index in [0.717, 1.165) is 11.1 Å². The summed E-state index contributed by atoms with van der Waals surface area (Å²) in [4.78, 5) is 26.9. The van der Waals surface area contributed by atoms with Gasteiger partial charge in [0.1, 0.15) is 17.5 Å². The summed E-state index contributed by atoms with van der Waals surface area (Å²) in [6.45, 7) is 0.486. The zero-order chi connectivity index (χ0) is 25.7.